The fourth-order valence-electron chi connectivity index (χ4n) is 4.23. The lowest BCUT2D eigenvalue weighted by atomic mass is 10.0. The number of methoxy groups -OCH3 is 2. The molecule has 0 fully saturated rings. The summed E-state index contributed by atoms with van der Waals surface area (Å²) in [7, 11) is 3.16. The first-order valence-corrected chi connectivity index (χ1v) is 12.1. The largest absolute Gasteiger partial charge is 0.493 e. The van der Waals surface area contributed by atoms with Crippen LogP contribution in [0.2, 0.25) is 0 Å². The van der Waals surface area contributed by atoms with E-state index in [1.165, 1.54) is 4.90 Å². The third-order valence-corrected chi connectivity index (χ3v) is 6.85. The highest BCUT2D eigenvalue weighted by Crippen LogP contribution is 2.40. The van der Waals surface area contributed by atoms with E-state index >= 15 is 0 Å². The van der Waals surface area contributed by atoms with Gasteiger partial charge in [-0.15, -0.1) is 0 Å². The highest BCUT2D eigenvalue weighted by Gasteiger charge is 2.26. The van der Waals surface area contributed by atoms with Crippen LogP contribution in [0, 0.1) is 13.8 Å². The predicted molar refractivity (Wildman–Crippen MR) is 144 cm³/mol. The van der Waals surface area contributed by atoms with E-state index in [0.717, 1.165) is 26.5 Å². The molecule has 1 atom stereocenters. The minimum atomic E-state index is -1.03. The first-order valence-electron chi connectivity index (χ1n) is 11.3. The lowest BCUT2D eigenvalue weighted by Crippen LogP contribution is -2.33. The van der Waals surface area contributed by atoms with Gasteiger partial charge in [-0.2, -0.15) is 0 Å². The predicted octanol–water partition coefficient (Wildman–Crippen LogP) is 7.67. The molecule has 0 spiro atoms. The number of aromatic nitrogens is 1. The van der Waals surface area contributed by atoms with Crippen molar-refractivity contribution in [2.45, 2.75) is 26.8 Å². The van der Waals surface area contributed by atoms with E-state index in [1.807, 2.05) is 63.2 Å². The SMILES string of the molecule is COc1cc2nccc(Oc3cc(C)c(N(C(=O)O)C(C)c4ccccc4Br)cc3C)c2cc1OC. The van der Waals surface area contributed by atoms with E-state index in [9.17, 15) is 9.90 Å². The molecular weight excluding hydrogens is 524 g/mol. The number of carboxylic acid groups (broad SMARTS) is 1. The van der Waals surface area contributed by atoms with Crippen LogP contribution in [0.3, 0.4) is 0 Å². The summed E-state index contributed by atoms with van der Waals surface area (Å²) in [5.74, 6) is 2.38. The number of anilines is 1. The Morgan fingerprint density at radius 3 is 2.31 bits per heavy atom. The van der Waals surface area contributed by atoms with Crippen LogP contribution in [0.5, 0.6) is 23.0 Å². The zero-order chi connectivity index (χ0) is 26.0. The molecule has 0 aliphatic rings. The van der Waals surface area contributed by atoms with Crippen LogP contribution in [-0.2, 0) is 0 Å². The summed E-state index contributed by atoms with van der Waals surface area (Å²) < 4.78 is 18.0. The van der Waals surface area contributed by atoms with Gasteiger partial charge in [-0.3, -0.25) is 9.88 Å². The Morgan fingerprint density at radius 1 is 0.944 bits per heavy atom. The number of rotatable bonds is 7. The summed E-state index contributed by atoms with van der Waals surface area (Å²) in [4.78, 5) is 18.2. The molecule has 36 heavy (non-hydrogen) atoms. The van der Waals surface area contributed by atoms with Crippen molar-refractivity contribution in [1.82, 2.24) is 4.98 Å². The van der Waals surface area contributed by atoms with E-state index in [2.05, 4.69) is 20.9 Å². The second-order valence-electron chi connectivity index (χ2n) is 8.39. The fourth-order valence-corrected chi connectivity index (χ4v) is 4.85. The van der Waals surface area contributed by atoms with Crippen molar-refractivity contribution >= 4 is 38.6 Å². The maximum Gasteiger partial charge on any atom is 0.412 e. The van der Waals surface area contributed by atoms with Crippen LogP contribution in [-0.4, -0.2) is 30.4 Å². The van der Waals surface area contributed by atoms with Gasteiger partial charge < -0.3 is 19.3 Å². The lowest BCUT2D eigenvalue weighted by molar-refractivity contribution is 0.199. The molecule has 0 aliphatic carbocycles. The zero-order valence-electron chi connectivity index (χ0n) is 20.7. The van der Waals surface area contributed by atoms with Crippen molar-refractivity contribution in [3.05, 3.63) is 82.0 Å². The molecule has 0 saturated heterocycles. The van der Waals surface area contributed by atoms with Crippen LogP contribution in [0.4, 0.5) is 10.5 Å². The lowest BCUT2D eigenvalue weighted by Gasteiger charge is -2.29. The van der Waals surface area contributed by atoms with Gasteiger partial charge in [0.05, 0.1) is 31.5 Å². The third kappa shape index (κ3) is 4.81. The Balaban J connectivity index is 1.74. The monoisotopic (exact) mass is 550 g/mol. The molecule has 4 rings (SSSR count). The minimum absolute atomic E-state index is 0.408. The number of carbonyl (C=O) groups is 1. The smallest absolute Gasteiger partial charge is 0.412 e. The average Bonchev–Trinajstić information content (AvgIpc) is 2.86. The van der Waals surface area contributed by atoms with E-state index in [4.69, 9.17) is 14.2 Å². The second-order valence-corrected chi connectivity index (χ2v) is 9.24. The number of benzene rings is 3. The number of hydrogen-bond donors (Lipinski definition) is 1. The van der Waals surface area contributed by atoms with E-state index in [0.29, 0.717) is 34.2 Å². The van der Waals surface area contributed by atoms with Gasteiger partial charge in [-0.1, -0.05) is 34.1 Å². The molecule has 4 aromatic rings. The highest BCUT2D eigenvalue weighted by atomic mass is 79.9. The van der Waals surface area contributed by atoms with Gasteiger partial charge in [0.2, 0.25) is 0 Å². The molecule has 0 aliphatic heterocycles. The third-order valence-electron chi connectivity index (χ3n) is 6.13. The number of amides is 1. The number of halogens is 1. The van der Waals surface area contributed by atoms with Crippen LogP contribution in [0.25, 0.3) is 10.9 Å². The average molecular weight is 551 g/mol. The Labute approximate surface area is 218 Å². The summed E-state index contributed by atoms with van der Waals surface area (Å²) in [5.41, 5.74) is 3.75. The number of ether oxygens (including phenoxy) is 3. The molecule has 1 heterocycles. The summed E-state index contributed by atoms with van der Waals surface area (Å²) in [6.45, 7) is 5.65. The molecule has 1 amide bonds. The van der Waals surface area contributed by atoms with Gasteiger partial charge in [-0.25, -0.2) is 4.79 Å². The van der Waals surface area contributed by atoms with E-state index in [-0.39, 0.29) is 0 Å². The summed E-state index contributed by atoms with van der Waals surface area (Å²) in [5, 5.41) is 10.9. The van der Waals surface area contributed by atoms with Crippen molar-refractivity contribution in [1.29, 1.82) is 0 Å². The zero-order valence-corrected chi connectivity index (χ0v) is 22.3. The molecule has 1 N–H and O–H groups in total. The Hall–Kier alpha value is -3.78. The number of aryl methyl sites for hydroxylation is 2. The van der Waals surface area contributed by atoms with Crippen molar-refractivity contribution in [3.63, 3.8) is 0 Å². The molecule has 0 radical (unpaired) electrons. The molecule has 0 saturated carbocycles. The molecule has 186 valence electrons. The molecule has 3 aromatic carbocycles. The van der Waals surface area contributed by atoms with Crippen molar-refractivity contribution in [2.24, 2.45) is 0 Å². The summed E-state index contributed by atoms with van der Waals surface area (Å²) >= 11 is 3.55. The van der Waals surface area contributed by atoms with Gasteiger partial charge in [-0.05, 0) is 67.8 Å². The van der Waals surface area contributed by atoms with Crippen LogP contribution in [0.15, 0.2) is 65.3 Å². The number of fused-ring (bicyclic) bond motifs is 1. The number of nitrogens with zero attached hydrogens (tertiary/aromatic N) is 2. The van der Waals surface area contributed by atoms with E-state index < -0.39 is 12.1 Å². The Bertz CT molecular complexity index is 1440. The van der Waals surface area contributed by atoms with Crippen molar-refractivity contribution in [3.8, 4) is 23.0 Å². The molecule has 1 aromatic heterocycles. The normalized spacial score (nSPS) is 11.7. The standard InChI is InChI=1S/C28H27BrN2O5/c1-16-13-25(36-24-10-11-30-22-15-27(35-5)26(34-4)14-20(22)24)17(2)12-23(16)31(28(32)33)18(3)19-8-6-7-9-21(19)29/h6-15,18H,1-5H3,(H,32,33). The first kappa shape index (κ1) is 25.3. The molecule has 8 heteroatoms. The minimum Gasteiger partial charge on any atom is -0.493 e. The fraction of sp³-hybridized carbons (Fsp3) is 0.214. The second kappa shape index (κ2) is 10.5. The van der Waals surface area contributed by atoms with Crippen molar-refractivity contribution < 1.29 is 24.1 Å². The van der Waals surface area contributed by atoms with Gasteiger partial charge in [0.1, 0.15) is 11.5 Å². The van der Waals surface area contributed by atoms with E-state index in [1.54, 1.807) is 32.5 Å². The van der Waals surface area contributed by atoms with Crippen LogP contribution < -0.4 is 19.1 Å². The highest BCUT2D eigenvalue weighted by molar-refractivity contribution is 9.10. The Kier molecular flexibility index (Phi) is 7.35. The first-order chi connectivity index (χ1) is 17.2. The maximum absolute atomic E-state index is 12.4. The van der Waals surface area contributed by atoms with Crippen LogP contribution >= 0.6 is 15.9 Å². The summed E-state index contributed by atoms with van der Waals surface area (Å²) in [6, 6.07) is 16.3. The number of hydrogen-bond acceptors (Lipinski definition) is 5. The molecule has 0 bridgehead atoms. The van der Waals surface area contributed by atoms with Crippen molar-refractivity contribution in [2.75, 3.05) is 19.1 Å². The summed E-state index contributed by atoms with van der Waals surface area (Å²) in [6.07, 6.45) is 0.640. The maximum atomic E-state index is 12.4. The molecular formula is C28H27BrN2O5. The van der Waals surface area contributed by atoms with Gasteiger partial charge >= 0.3 is 6.09 Å². The van der Waals surface area contributed by atoms with Gasteiger partial charge in [0.15, 0.2) is 11.5 Å². The quantitative estimate of drug-likeness (QED) is 0.254. The Morgan fingerprint density at radius 2 is 1.64 bits per heavy atom. The van der Waals surface area contributed by atoms with Gasteiger partial charge in [0.25, 0.3) is 0 Å². The van der Waals surface area contributed by atoms with Gasteiger partial charge in [0, 0.05) is 22.1 Å². The number of pyridine rings is 1. The molecule has 1 unspecified atom stereocenters. The molecule has 7 nitrogen and oxygen atoms in total. The topological polar surface area (TPSA) is 81.1 Å². The van der Waals surface area contributed by atoms with Crippen LogP contribution in [0.1, 0.15) is 29.7 Å².